The standard InChI is InChI=1S/C20H27N3O3/c1-3-14(4-2)19(25)22-9-11-23(12-10-22)20(26)16-5-7-17-15(13-16)6-8-18(24)21-17/h5,7,13-14H,3-4,6,8-12H2,1-2H3,(H,21,24). The van der Waals surface area contributed by atoms with Crippen molar-refractivity contribution >= 4 is 23.4 Å². The largest absolute Gasteiger partial charge is 0.339 e. The van der Waals surface area contributed by atoms with Crippen LogP contribution in [-0.2, 0) is 16.0 Å². The molecule has 6 heteroatoms. The number of hydrogen-bond donors (Lipinski definition) is 1. The van der Waals surface area contributed by atoms with Gasteiger partial charge in [-0.05, 0) is 43.0 Å². The van der Waals surface area contributed by atoms with Crippen molar-refractivity contribution < 1.29 is 14.4 Å². The monoisotopic (exact) mass is 357 g/mol. The lowest BCUT2D eigenvalue weighted by Crippen LogP contribution is -2.51. The van der Waals surface area contributed by atoms with Crippen molar-refractivity contribution in [1.29, 1.82) is 0 Å². The SMILES string of the molecule is CCC(CC)C(=O)N1CCN(C(=O)c2ccc3c(c2)CCC(=O)N3)CC1. The highest BCUT2D eigenvalue weighted by atomic mass is 16.2. The second-order valence-corrected chi connectivity index (χ2v) is 7.05. The molecule has 0 aliphatic carbocycles. The molecule has 0 unspecified atom stereocenters. The van der Waals surface area contributed by atoms with Crippen molar-refractivity contribution in [2.75, 3.05) is 31.5 Å². The maximum absolute atomic E-state index is 12.8. The van der Waals surface area contributed by atoms with Gasteiger partial charge in [0, 0.05) is 49.8 Å². The van der Waals surface area contributed by atoms with E-state index in [1.165, 1.54) is 0 Å². The van der Waals surface area contributed by atoms with E-state index in [4.69, 9.17) is 0 Å². The number of carbonyl (C=O) groups is 3. The average molecular weight is 357 g/mol. The van der Waals surface area contributed by atoms with Crippen LogP contribution in [0, 0.1) is 5.92 Å². The van der Waals surface area contributed by atoms with Crippen molar-refractivity contribution in [2.45, 2.75) is 39.5 Å². The molecule has 2 heterocycles. The van der Waals surface area contributed by atoms with E-state index in [0.717, 1.165) is 24.1 Å². The summed E-state index contributed by atoms with van der Waals surface area (Å²) >= 11 is 0. The zero-order valence-corrected chi connectivity index (χ0v) is 15.6. The molecule has 140 valence electrons. The fourth-order valence-electron chi connectivity index (χ4n) is 3.73. The fourth-order valence-corrected chi connectivity index (χ4v) is 3.73. The number of nitrogens with zero attached hydrogens (tertiary/aromatic N) is 2. The van der Waals surface area contributed by atoms with Crippen LogP contribution in [0.2, 0.25) is 0 Å². The van der Waals surface area contributed by atoms with Crippen LogP contribution < -0.4 is 5.32 Å². The number of rotatable bonds is 4. The lowest BCUT2D eigenvalue weighted by molar-refractivity contribution is -0.137. The summed E-state index contributed by atoms with van der Waals surface area (Å²) < 4.78 is 0. The summed E-state index contributed by atoms with van der Waals surface area (Å²) in [6, 6.07) is 5.47. The molecule has 0 radical (unpaired) electrons. The Bertz CT molecular complexity index is 704. The number of aryl methyl sites for hydroxylation is 1. The van der Waals surface area contributed by atoms with E-state index in [2.05, 4.69) is 5.32 Å². The average Bonchev–Trinajstić information content (AvgIpc) is 2.68. The molecule has 1 N–H and O–H groups in total. The first-order valence-corrected chi connectivity index (χ1v) is 9.54. The molecule has 6 nitrogen and oxygen atoms in total. The number of fused-ring (bicyclic) bond motifs is 1. The highest BCUT2D eigenvalue weighted by molar-refractivity contribution is 5.98. The summed E-state index contributed by atoms with van der Waals surface area (Å²) in [5.41, 5.74) is 2.47. The number of carbonyl (C=O) groups excluding carboxylic acids is 3. The molecule has 1 saturated heterocycles. The van der Waals surface area contributed by atoms with Gasteiger partial charge < -0.3 is 15.1 Å². The fraction of sp³-hybridized carbons (Fsp3) is 0.550. The van der Waals surface area contributed by atoms with Gasteiger partial charge in [-0.25, -0.2) is 0 Å². The number of piperazine rings is 1. The van der Waals surface area contributed by atoms with Crippen molar-refractivity contribution in [3.8, 4) is 0 Å². The normalized spacial score (nSPS) is 17.1. The smallest absolute Gasteiger partial charge is 0.253 e. The Balaban J connectivity index is 1.62. The van der Waals surface area contributed by atoms with Gasteiger partial charge in [0.2, 0.25) is 11.8 Å². The molecule has 2 aliphatic rings. The van der Waals surface area contributed by atoms with Gasteiger partial charge in [0.05, 0.1) is 0 Å². The van der Waals surface area contributed by atoms with Crippen molar-refractivity contribution in [2.24, 2.45) is 5.92 Å². The highest BCUT2D eigenvalue weighted by Gasteiger charge is 2.28. The predicted molar refractivity (Wildman–Crippen MR) is 99.9 cm³/mol. The molecule has 0 atom stereocenters. The summed E-state index contributed by atoms with van der Waals surface area (Å²) in [5.74, 6) is 0.328. The molecular formula is C20H27N3O3. The van der Waals surface area contributed by atoms with E-state index in [1.807, 2.05) is 35.8 Å². The van der Waals surface area contributed by atoms with Crippen molar-refractivity contribution in [1.82, 2.24) is 9.80 Å². The Kier molecular flexibility index (Phi) is 5.59. The number of hydrogen-bond acceptors (Lipinski definition) is 3. The minimum Gasteiger partial charge on any atom is -0.339 e. The molecule has 1 aromatic carbocycles. The van der Waals surface area contributed by atoms with Gasteiger partial charge >= 0.3 is 0 Å². The van der Waals surface area contributed by atoms with Crippen LogP contribution in [0.15, 0.2) is 18.2 Å². The quantitative estimate of drug-likeness (QED) is 0.899. The molecule has 1 aromatic rings. The number of amides is 3. The molecule has 3 rings (SSSR count). The third kappa shape index (κ3) is 3.74. The van der Waals surface area contributed by atoms with E-state index >= 15 is 0 Å². The molecule has 3 amide bonds. The molecule has 0 bridgehead atoms. The zero-order chi connectivity index (χ0) is 18.7. The Morgan fingerprint density at radius 3 is 2.35 bits per heavy atom. The van der Waals surface area contributed by atoms with Crippen LogP contribution in [0.5, 0.6) is 0 Å². The first-order chi connectivity index (χ1) is 12.5. The van der Waals surface area contributed by atoms with Gasteiger partial charge in [-0.1, -0.05) is 13.8 Å². The second-order valence-electron chi connectivity index (χ2n) is 7.05. The highest BCUT2D eigenvalue weighted by Crippen LogP contribution is 2.24. The van der Waals surface area contributed by atoms with Gasteiger partial charge in [0.15, 0.2) is 0 Å². The van der Waals surface area contributed by atoms with Crippen LogP contribution in [0.25, 0.3) is 0 Å². The summed E-state index contributed by atoms with van der Waals surface area (Å²) in [6.07, 6.45) is 2.85. The number of anilines is 1. The third-order valence-corrected chi connectivity index (χ3v) is 5.46. The topological polar surface area (TPSA) is 69.7 Å². The first kappa shape index (κ1) is 18.4. The van der Waals surface area contributed by atoms with E-state index < -0.39 is 0 Å². The Morgan fingerprint density at radius 1 is 1.04 bits per heavy atom. The van der Waals surface area contributed by atoms with Gasteiger partial charge in [-0.3, -0.25) is 14.4 Å². The Hall–Kier alpha value is -2.37. The first-order valence-electron chi connectivity index (χ1n) is 9.54. The van der Waals surface area contributed by atoms with Gasteiger partial charge in [-0.15, -0.1) is 0 Å². The predicted octanol–water partition coefficient (Wildman–Crippen LogP) is 2.29. The summed E-state index contributed by atoms with van der Waals surface area (Å²) in [6.45, 7) is 6.43. The third-order valence-electron chi connectivity index (χ3n) is 5.46. The maximum Gasteiger partial charge on any atom is 0.253 e. The van der Waals surface area contributed by atoms with Gasteiger partial charge in [0.25, 0.3) is 5.91 Å². The minimum atomic E-state index is -0.000618. The van der Waals surface area contributed by atoms with Gasteiger partial charge in [-0.2, -0.15) is 0 Å². The molecule has 26 heavy (non-hydrogen) atoms. The molecular weight excluding hydrogens is 330 g/mol. The van der Waals surface area contributed by atoms with Crippen molar-refractivity contribution in [3.63, 3.8) is 0 Å². The molecule has 0 spiro atoms. The van der Waals surface area contributed by atoms with E-state index in [0.29, 0.717) is 44.6 Å². The van der Waals surface area contributed by atoms with Crippen LogP contribution in [0.4, 0.5) is 5.69 Å². The second kappa shape index (κ2) is 7.89. The number of benzene rings is 1. The lowest BCUT2D eigenvalue weighted by Gasteiger charge is -2.36. The van der Waals surface area contributed by atoms with E-state index in [-0.39, 0.29) is 23.6 Å². The van der Waals surface area contributed by atoms with Crippen LogP contribution in [0.1, 0.15) is 49.0 Å². The zero-order valence-electron chi connectivity index (χ0n) is 15.6. The lowest BCUT2D eigenvalue weighted by atomic mass is 9.99. The summed E-state index contributed by atoms with van der Waals surface area (Å²) in [7, 11) is 0. The minimum absolute atomic E-state index is 0.000618. The van der Waals surface area contributed by atoms with Crippen molar-refractivity contribution in [3.05, 3.63) is 29.3 Å². The maximum atomic E-state index is 12.8. The molecule has 2 aliphatic heterocycles. The molecule has 0 aromatic heterocycles. The molecule has 1 fully saturated rings. The molecule has 0 saturated carbocycles. The van der Waals surface area contributed by atoms with Crippen LogP contribution in [0.3, 0.4) is 0 Å². The Labute approximate surface area is 154 Å². The summed E-state index contributed by atoms with van der Waals surface area (Å²) in [4.78, 5) is 40.5. The number of nitrogens with one attached hydrogen (secondary N) is 1. The Morgan fingerprint density at radius 2 is 1.69 bits per heavy atom. The van der Waals surface area contributed by atoms with Gasteiger partial charge in [0.1, 0.15) is 0 Å². The summed E-state index contributed by atoms with van der Waals surface area (Å²) in [5, 5.41) is 2.84. The van der Waals surface area contributed by atoms with E-state index in [1.54, 1.807) is 6.07 Å². The van der Waals surface area contributed by atoms with E-state index in [9.17, 15) is 14.4 Å². The van der Waals surface area contributed by atoms with Crippen LogP contribution >= 0.6 is 0 Å². The van der Waals surface area contributed by atoms with Crippen LogP contribution in [-0.4, -0.2) is 53.7 Å².